The summed E-state index contributed by atoms with van der Waals surface area (Å²) in [6, 6.07) is 1.57. The molecule has 3 aromatic heterocycles. The molecule has 37 heavy (non-hydrogen) atoms. The van der Waals surface area contributed by atoms with E-state index >= 15 is 0 Å². The van der Waals surface area contributed by atoms with Crippen LogP contribution >= 0.6 is 0 Å². The fourth-order valence-corrected chi connectivity index (χ4v) is 4.28. The zero-order valence-corrected chi connectivity index (χ0v) is 21.4. The van der Waals surface area contributed by atoms with Crippen LogP contribution in [0.5, 0.6) is 0 Å². The summed E-state index contributed by atoms with van der Waals surface area (Å²) >= 11 is 0. The Morgan fingerprint density at radius 1 is 1.19 bits per heavy atom. The van der Waals surface area contributed by atoms with Gasteiger partial charge in [-0.1, -0.05) is 12.8 Å². The second-order valence-electron chi connectivity index (χ2n) is 9.99. The van der Waals surface area contributed by atoms with Gasteiger partial charge in [0.05, 0.1) is 17.9 Å². The summed E-state index contributed by atoms with van der Waals surface area (Å²) in [6.45, 7) is 7.84. The number of nitrogens with one attached hydrogen (secondary N) is 3. The molecule has 3 heterocycles. The number of alkyl carbamates (subject to hydrolysis) is 1. The van der Waals surface area contributed by atoms with Crippen molar-refractivity contribution < 1.29 is 19.1 Å². The van der Waals surface area contributed by atoms with Crippen LogP contribution in [0.4, 0.5) is 16.3 Å². The van der Waals surface area contributed by atoms with Crippen molar-refractivity contribution in [2.24, 2.45) is 5.73 Å². The summed E-state index contributed by atoms with van der Waals surface area (Å²) < 4.78 is 8.42. The van der Waals surface area contributed by atoms with Crippen LogP contribution in [-0.4, -0.2) is 60.0 Å². The number of aromatic nitrogens is 5. The Labute approximate surface area is 214 Å². The third-order valence-corrected chi connectivity index (χ3v) is 5.98. The number of amides is 3. The Hall–Kier alpha value is -4.16. The van der Waals surface area contributed by atoms with Crippen molar-refractivity contribution in [2.75, 3.05) is 10.6 Å². The van der Waals surface area contributed by atoms with Gasteiger partial charge in [0.1, 0.15) is 17.0 Å². The van der Waals surface area contributed by atoms with Gasteiger partial charge in [-0.05, 0) is 46.6 Å². The standard InChI is InChI=1S/C24H33N9O4/c1-5-32-13-17(19(31-32)20(25)34)28-22(35)14-12-26-33-11-10-18(30-21(14)33)27-15-8-6-7-9-16(15)29-23(36)37-24(2,3)4/h10-13,15-16H,5-9H2,1-4H3,(H2,25,34)(H,27,30)(H,28,35)(H,29,36)/t15-,16+/m0/s1. The minimum atomic E-state index is -0.742. The number of aryl methyl sites for hydroxylation is 1. The molecule has 1 fully saturated rings. The number of carbonyl (C=O) groups is 3. The Balaban J connectivity index is 1.52. The van der Waals surface area contributed by atoms with E-state index in [0.717, 1.165) is 25.7 Å². The monoisotopic (exact) mass is 511 g/mol. The summed E-state index contributed by atoms with van der Waals surface area (Å²) in [4.78, 5) is 41.8. The van der Waals surface area contributed by atoms with Gasteiger partial charge in [0, 0.05) is 25.0 Å². The first-order valence-corrected chi connectivity index (χ1v) is 12.3. The molecule has 13 heteroatoms. The average Bonchev–Trinajstić information content (AvgIpc) is 3.43. The van der Waals surface area contributed by atoms with E-state index in [4.69, 9.17) is 10.5 Å². The maximum absolute atomic E-state index is 13.1. The van der Waals surface area contributed by atoms with Crippen LogP contribution in [0.25, 0.3) is 5.65 Å². The second-order valence-corrected chi connectivity index (χ2v) is 9.99. The van der Waals surface area contributed by atoms with Crippen molar-refractivity contribution in [3.63, 3.8) is 0 Å². The molecule has 1 saturated carbocycles. The number of hydrogen-bond acceptors (Lipinski definition) is 8. The van der Waals surface area contributed by atoms with Crippen molar-refractivity contribution in [3.8, 4) is 0 Å². The van der Waals surface area contributed by atoms with Crippen molar-refractivity contribution in [1.29, 1.82) is 0 Å². The van der Waals surface area contributed by atoms with Gasteiger partial charge in [-0.2, -0.15) is 10.2 Å². The van der Waals surface area contributed by atoms with E-state index in [2.05, 4.69) is 31.1 Å². The lowest BCUT2D eigenvalue weighted by molar-refractivity contribution is 0.0488. The molecule has 3 amide bonds. The van der Waals surface area contributed by atoms with E-state index in [9.17, 15) is 14.4 Å². The molecule has 0 aromatic carbocycles. The molecule has 5 N–H and O–H groups in total. The zero-order valence-electron chi connectivity index (χ0n) is 21.4. The molecule has 0 unspecified atom stereocenters. The molecule has 0 radical (unpaired) electrons. The highest BCUT2D eigenvalue weighted by molar-refractivity contribution is 6.10. The summed E-state index contributed by atoms with van der Waals surface area (Å²) in [5.41, 5.74) is 5.57. The highest BCUT2D eigenvalue weighted by Gasteiger charge is 2.29. The molecule has 0 spiro atoms. The lowest BCUT2D eigenvalue weighted by Crippen LogP contribution is -2.49. The normalized spacial score (nSPS) is 17.8. The number of hydrogen-bond donors (Lipinski definition) is 4. The Morgan fingerprint density at radius 3 is 2.59 bits per heavy atom. The minimum absolute atomic E-state index is 0.0252. The fraction of sp³-hybridized carbons (Fsp3) is 0.500. The van der Waals surface area contributed by atoms with Gasteiger partial charge in [0.2, 0.25) is 0 Å². The highest BCUT2D eigenvalue weighted by Crippen LogP contribution is 2.23. The van der Waals surface area contributed by atoms with Gasteiger partial charge in [-0.3, -0.25) is 14.3 Å². The average molecular weight is 512 g/mol. The molecule has 2 atom stereocenters. The molecule has 4 rings (SSSR count). The van der Waals surface area contributed by atoms with Gasteiger partial charge in [0.15, 0.2) is 11.3 Å². The van der Waals surface area contributed by atoms with Crippen LogP contribution < -0.4 is 21.7 Å². The summed E-state index contributed by atoms with van der Waals surface area (Å²) in [5.74, 6) is -0.699. The van der Waals surface area contributed by atoms with Gasteiger partial charge < -0.3 is 26.4 Å². The van der Waals surface area contributed by atoms with Gasteiger partial charge in [-0.25, -0.2) is 14.3 Å². The molecule has 13 nitrogen and oxygen atoms in total. The van der Waals surface area contributed by atoms with Crippen molar-refractivity contribution in [1.82, 2.24) is 29.7 Å². The molecule has 1 aliphatic carbocycles. The van der Waals surface area contributed by atoms with Gasteiger partial charge in [0.25, 0.3) is 11.8 Å². The highest BCUT2D eigenvalue weighted by atomic mass is 16.6. The lowest BCUT2D eigenvalue weighted by atomic mass is 9.90. The van der Waals surface area contributed by atoms with E-state index in [1.807, 2.05) is 27.7 Å². The van der Waals surface area contributed by atoms with Crippen molar-refractivity contribution in [2.45, 2.75) is 77.6 Å². The molecule has 198 valence electrons. The summed E-state index contributed by atoms with van der Waals surface area (Å²) in [6.07, 6.45) is 7.87. The van der Waals surface area contributed by atoms with E-state index in [1.54, 1.807) is 18.5 Å². The summed E-state index contributed by atoms with van der Waals surface area (Å²) in [5, 5.41) is 17.4. The molecular formula is C24H33N9O4. The largest absolute Gasteiger partial charge is 0.444 e. The van der Waals surface area contributed by atoms with E-state index in [1.165, 1.54) is 15.4 Å². The van der Waals surface area contributed by atoms with Crippen molar-refractivity contribution >= 4 is 35.1 Å². The minimum Gasteiger partial charge on any atom is -0.444 e. The van der Waals surface area contributed by atoms with Crippen LogP contribution in [0.2, 0.25) is 0 Å². The SMILES string of the molecule is CCn1cc(NC(=O)c2cnn3ccc(N[C@H]4CCCC[C@H]4NC(=O)OC(C)(C)C)nc23)c(C(N)=O)n1. The molecule has 3 aromatic rings. The maximum Gasteiger partial charge on any atom is 0.407 e. The number of rotatable bonds is 7. The van der Waals surface area contributed by atoms with Crippen LogP contribution in [0.1, 0.15) is 74.2 Å². The number of nitrogens with zero attached hydrogens (tertiary/aromatic N) is 5. The smallest absolute Gasteiger partial charge is 0.407 e. The number of fused-ring (bicyclic) bond motifs is 1. The molecular weight excluding hydrogens is 478 g/mol. The summed E-state index contributed by atoms with van der Waals surface area (Å²) in [7, 11) is 0. The lowest BCUT2D eigenvalue weighted by Gasteiger charge is -2.33. The molecule has 1 aliphatic rings. The third-order valence-electron chi connectivity index (χ3n) is 5.98. The zero-order chi connectivity index (χ0) is 26.7. The van der Waals surface area contributed by atoms with Crippen molar-refractivity contribution in [3.05, 3.63) is 35.9 Å². The number of nitrogens with two attached hydrogens (primary N) is 1. The van der Waals surface area contributed by atoms with Crippen LogP contribution in [0.3, 0.4) is 0 Å². The fourth-order valence-electron chi connectivity index (χ4n) is 4.28. The quantitative estimate of drug-likeness (QED) is 0.375. The Kier molecular flexibility index (Phi) is 7.32. The Morgan fingerprint density at radius 2 is 1.92 bits per heavy atom. The van der Waals surface area contributed by atoms with Crippen LogP contribution in [0.15, 0.2) is 24.7 Å². The topological polar surface area (TPSA) is 171 Å². The number of primary amides is 1. The molecule has 0 aliphatic heterocycles. The molecule has 0 bridgehead atoms. The predicted molar refractivity (Wildman–Crippen MR) is 136 cm³/mol. The predicted octanol–water partition coefficient (Wildman–Crippen LogP) is 2.54. The maximum atomic E-state index is 13.1. The first-order valence-electron chi connectivity index (χ1n) is 12.3. The number of carbonyl (C=O) groups excluding carboxylic acids is 3. The number of ether oxygens (including phenoxy) is 1. The third kappa shape index (κ3) is 6.16. The van der Waals surface area contributed by atoms with Gasteiger partial charge >= 0.3 is 6.09 Å². The van der Waals surface area contributed by atoms with Crippen LogP contribution in [0, 0.1) is 0 Å². The number of anilines is 2. The second kappa shape index (κ2) is 10.4. The van der Waals surface area contributed by atoms with E-state index < -0.39 is 23.5 Å². The van der Waals surface area contributed by atoms with Gasteiger partial charge in [-0.15, -0.1) is 0 Å². The van der Waals surface area contributed by atoms with E-state index in [-0.39, 0.29) is 29.0 Å². The first kappa shape index (κ1) is 25.9. The first-order chi connectivity index (χ1) is 17.5. The molecule has 0 saturated heterocycles. The van der Waals surface area contributed by atoms with Crippen LogP contribution in [-0.2, 0) is 11.3 Å². The van der Waals surface area contributed by atoms with E-state index in [0.29, 0.717) is 18.0 Å². The Bertz CT molecular complexity index is 1310.